The summed E-state index contributed by atoms with van der Waals surface area (Å²) in [4.78, 5) is 26.2. The Morgan fingerprint density at radius 1 is 0.453 bits per heavy atom. The monoisotopic (exact) mass is 900 g/mol. The van der Waals surface area contributed by atoms with Crippen LogP contribution >= 0.6 is 0 Å². The zero-order valence-electron chi connectivity index (χ0n) is 42.9. The molecule has 1 amide bonds. The van der Waals surface area contributed by atoms with Gasteiger partial charge >= 0.3 is 5.97 Å². The fraction of sp³-hybridized carbons (Fsp3) is 0.862. The number of aliphatic hydroxyl groups is 2. The summed E-state index contributed by atoms with van der Waals surface area (Å²) in [5, 5.41) is 23.8. The molecule has 0 aromatic heterocycles. The van der Waals surface area contributed by atoms with Crippen LogP contribution in [0, 0.1) is 0 Å². The molecule has 0 spiro atoms. The van der Waals surface area contributed by atoms with Crippen LogP contribution in [0.25, 0.3) is 0 Å². The molecule has 0 bridgehead atoms. The van der Waals surface area contributed by atoms with E-state index < -0.39 is 18.2 Å². The number of rotatable bonds is 51. The molecule has 376 valence electrons. The Balaban J connectivity index is 4.58. The molecule has 0 aromatic carbocycles. The van der Waals surface area contributed by atoms with Gasteiger partial charge in [-0.2, -0.15) is 0 Å². The van der Waals surface area contributed by atoms with Gasteiger partial charge in [-0.15, -0.1) is 0 Å². The molecule has 0 heterocycles. The molecule has 0 fully saturated rings. The Morgan fingerprint density at radius 2 is 0.797 bits per heavy atom. The highest BCUT2D eigenvalue weighted by atomic mass is 16.5. The number of nitrogens with one attached hydrogen (secondary N) is 1. The molecule has 6 nitrogen and oxygen atoms in total. The van der Waals surface area contributed by atoms with E-state index >= 15 is 0 Å². The van der Waals surface area contributed by atoms with Crippen molar-refractivity contribution in [2.24, 2.45) is 0 Å². The number of hydrogen-bond donors (Lipinski definition) is 3. The maximum absolute atomic E-state index is 13.2. The Morgan fingerprint density at radius 3 is 1.22 bits per heavy atom. The molecule has 0 saturated heterocycles. The first-order valence-electron chi connectivity index (χ1n) is 28.2. The number of carbonyl (C=O) groups is 2. The molecule has 0 saturated carbocycles. The lowest BCUT2D eigenvalue weighted by atomic mass is 10.0. The van der Waals surface area contributed by atoms with Gasteiger partial charge in [0.05, 0.1) is 25.2 Å². The van der Waals surface area contributed by atoms with Crippen LogP contribution in [0.15, 0.2) is 36.5 Å². The molecule has 0 aromatic rings. The molecule has 0 aliphatic heterocycles. The molecule has 3 N–H and O–H groups in total. The van der Waals surface area contributed by atoms with Gasteiger partial charge in [-0.25, -0.2) is 0 Å². The Labute approximate surface area is 398 Å². The molecule has 0 aliphatic carbocycles. The first-order chi connectivity index (χ1) is 31.5. The Hall–Kier alpha value is -1.92. The second-order valence-electron chi connectivity index (χ2n) is 19.4. The lowest BCUT2D eigenvalue weighted by Gasteiger charge is -2.24. The molecular formula is C58H109NO5. The van der Waals surface area contributed by atoms with E-state index in [2.05, 4.69) is 62.5 Å². The summed E-state index contributed by atoms with van der Waals surface area (Å²) in [7, 11) is 0. The lowest BCUT2D eigenvalue weighted by molar-refractivity contribution is -0.151. The van der Waals surface area contributed by atoms with Crippen LogP contribution in [0.4, 0.5) is 0 Å². The minimum Gasteiger partial charge on any atom is -0.462 e. The van der Waals surface area contributed by atoms with E-state index in [1.54, 1.807) is 0 Å². The molecule has 0 rings (SSSR count). The van der Waals surface area contributed by atoms with Gasteiger partial charge in [0.15, 0.2) is 0 Å². The maximum Gasteiger partial charge on any atom is 0.306 e. The largest absolute Gasteiger partial charge is 0.462 e. The zero-order valence-corrected chi connectivity index (χ0v) is 42.9. The van der Waals surface area contributed by atoms with E-state index in [1.807, 2.05) is 0 Å². The highest BCUT2D eigenvalue weighted by Crippen LogP contribution is 2.18. The van der Waals surface area contributed by atoms with Crippen LogP contribution in [-0.4, -0.2) is 46.9 Å². The predicted molar refractivity (Wildman–Crippen MR) is 278 cm³/mol. The molecule has 3 atom stereocenters. The highest BCUT2D eigenvalue weighted by molar-refractivity contribution is 5.77. The van der Waals surface area contributed by atoms with Gasteiger partial charge in [-0.3, -0.25) is 9.59 Å². The van der Waals surface area contributed by atoms with Gasteiger partial charge < -0.3 is 20.3 Å². The summed E-state index contributed by atoms with van der Waals surface area (Å²) in [6.45, 7) is 6.49. The topological polar surface area (TPSA) is 95.9 Å². The van der Waals surface area contributed by atoms with Crippen molar-refractivity contribution < 1.29 is 24.5 Å². The smallest absolute Gasteiger partial charge is 0.306 e. The number of ether oxygens (including phenoxy) is 1. The highest BCUT2D eigenvalue weighted by Gasteiger charge is 2.24. The van der Waals surface area contributed by atoms with Gasteiger partial charge in [0.25, 0.3) is 0 Å². The van der Waals surface area contributed by atoms with Crippen LogP contribution in [0.3, 0.4) is 0 Å². The quantitative estimate of drug-likeness (QED) is 0.0245. The minimum atomic E-state index is -0.793. The van der Waals surface area contributed by atoms with Crippen LogP contribution in [0.2, 0.25) is 0 Å². The first kappa shape index (κ1) is 62.1. The minimum absolute atomic E-state index is 0.0634. The van der Waals surface area contributed by atoms with Crippen molar-refractivity contribution in [3.05, 3.63) is 36.5 Å². The number of unbranched alkanes of at least 4 members (excludes halogenated alkanes) is 34. The molecule has 6 heteroatoms. The van der Waals surface area contributed by atoms with Gasteiger partial charge in [-0.1, -0.05) is 243 Å². The van der Waals surface area contributed by atoms with Crippen LogP contribution in [0.1, 0.15) is 297 Å². The summed E-state index contributed by atoms with van der Waals surface area (Å²) < 4.78 is 5.94. The molecule has 64 heavy (non-hydrogen) atoms. The third-order valence-corrected chi connectivity index (χ3v) is 13.0. The summed E-state index contributed by atoms with van der Waals surface area (Å²) >= 11 is 0. The molecule has 0 radical (unpaired) electrons. The lowest BCUT2D eigenvalue weighted by Crippen LogP contribution is -2.46. The summed E-state index contributed by atoms with van der Waals surface area (Å²) in [6, 6.07) is -0.708. The van der Waals surface area contributed by atoms with Gasteiger partial charge in [-0.05, 0) is 77.0 Å². The number of esters is 1. The van der Waals surface area contributed by atoms with E-state index in [1.165, 1.54) is 173 Å². The van der Waals surface area contributed by atoms with Crippen molar-refractivity contribution in [3.8, 4) is 0 Å². The van der Waals surface area contributed by atoms with Gasteiger partial charge in [0.2, 0.25) is 5.91 Å². The van der Waals surface area contributed by atoms with E-state index in [4.69, 9.17) is 4.74 Å². The molecular weight excluding hydrogens is 791 g/mol. The summed E-state index contributed by atoms with van der Waals surface area (Å²) in [5.41, 5.74) is 0. The fourth-order valence-corrected chi connectivity index (χ4v) is 8.65. The second kappa shape index (κ2) is 52.1. The summed E-state index contributed by atoms with van der Waals surface area (Å²) in [6.07, 6.45) is 62.1. The molecule has 0 aliphatic rings. The average Bonchev–Trinajstić information content (AvgIpc) is 3.29. The van der Waals surface area contributed by atoms with Gasteiger partial charge in [0, 0.05) is 6.42 Å². The standard InChI is InChI=1S/C58H109NO5/c1-4-7-10-13-16-19-22-25-27-28-29-30-33-36-39-42-45-48-51-58(63)64-54(49-46-43-40-37-34-32-26-23-20-17-14-11-8-5-2)52-57(62)59-55(53-60)56(61)50-47-44-41-38-35-31-24-21-18-15-12-9-6-3/h27-30,32,34,54-56,60-61H,4-26,31,33,35-53H2,1-3H3,(H,59,62)/b28-27+,30-29+,34-32+. The van der Waals surface area contributed by atoms with Crippen molar-refractivity contribution in [2.45, 2.75) is 315 Å². The Kier molecular flexibility index (Phi) is 50.5. The predicted octanol–water partition coefficient (Wildman–Crippen LogP) is 17.2. The van der Waals surface area contributed by atoms with E-state index in [0.717, 1.165) is 77.0 Å². The van der Waals surface area contributed by atoms with Crippen molar-refractivity contribution in [1.29, 1.82) is 0 Å². The number of aliphatic hydroxyl groups excluding tert-OH is 2. The van der Waals surface area contributed by atoms with Crippen molar-refractivity contribution in [1.82, 2.24) is 5.32 Å². The number of amides is 1. The SMILES string of the molecule is CCCCCCCCC/C=C/C=C/CCCCCCCC(=O)OC(CCCCC/C=C/CCCCCCCCC)CC(=O)NC(CO)C(O)CCCCCCCCCCCCCCC. The third kappa shape index (κ3) is 46.6. The normalized spacial score (nSPS) is 13.4. The number of allylic oxidation sites excluding steroid dienone is 6. The zero-order chi connectivity index (χ0) is 46.7. The van der Waals surface area contributed by atoms with Crippen LogP contribution < -0.4 is 5.32 Å². The third-order valence-electron chi connectivity index (χ3n) is 13.0. The number of hydrogen-bond acceptors (Lipinski definition) is 5. The first-order valence-corrected chi connectivity index (χ1v) is 28.2. The van der Waals surface area contributed by atoms with Crippen LogP contribution in [-0.2, 0) is 14.3 Å². The van der Waals surface area contributed by atoms with Crippen molar-refractivity contribution in [2.75, 3.05) is 6.61 Å². The second-order valence-corrected chi connectivity index (χ2v) is 19.4. The average molecular weight is 901 g/mol. The number of carbonyl (C=O) groups excluding carboxylic acids is 2. The van der Waals surface area contributed by atoms with Crippen molar-refractivity contribution >= 4 is 11.9 Å². The van der Waals surface area contributed by atoms with Crippen LogP contribution in [0.5, 0.6) is 0 Å². The van der Waals surface area contributed by atoms with E-state index in [9.17, 15) is 19.8 Å². The maximum atomic E-state index is 13.2. The van der Waals surface area contributed by atoms with Gasteiger partial charge in [0.1, 0.15) is 6.10 Å². The van der Waals surface area contributed by atoms with E-state index in [-0.39, 0.29) is 24.9 Å². The van der Waals surface area contributed by atoms with Crippen molar-refractivity contribution in [3.63, 3.8) is 0 Å². The fourth-order valence-electron chi connectivity index (χ4n) is 8.65. The van der Waals surface area contributed by atoms with E-state index in [0.29, 0.717) is 19.3 Å². The molecule has 3 unspecified atom stereocenters. The Bertz CT molecular complexity index is 1060. The summed E-state index contributed by atoms with van der Waals surface area (Å²) in [5.74, 6) is -0.495.